The largest absolute Gasteiger partial charge is 0.445 e. The molecule has 0 radical (unpaired) electrons. The van der Waals surface area contributed by atoms with Crippen molar-refractivity contribution in [2.45, 2.75) is 58.0 Å². The molecule has 0 bridgehead atoms. The number of carbonyl (C=O) groups is 5. The number of imide groups is 1. The van der Waals surface area contributed by atoms with Crippen LogP contribution in [0.25, 0.3) is 0 Å². The van der Waals surface area contributed by atoms with Gasteiger partial charge in [-0.25, -0.2) is 9.59 Å². The van der Waals surface area contributed by atoms with Crippen molar-refractivity contribution in [3.8, 4) is 0 Å². The quantitative estimate of drug-likeness (QED) is 0.323. The fourth-order valence-electron chi connectivity index (χ4n) is 2.63. The number of allylic oxidation sites excluding steroid dienone is 3. The van der Waals surface area contributed by atoms with E-state index in [9.17, 15) is 24.0 Å². The van der Waals surface area contributed by atoms with E-state index in [2.05, 4.69) is 6.58 Å². The van der Waals surface area contributed by atoms with Gasteiger partial charge in [0.1, 0.15) is 0 Å². The zero-order chi connectivity index (χ0) is 22.5. The lowest BCUT2D eigenvalue weighted by Crippen LogP contribution is -2.39. The molecule has 2 aliphatic rings. The molecule has 30 heavy (non-hydrogen) atoms. The Labute approximate surface area is 173 Å². The van der Waals surface area contributed by atoms with Crippen molar-refractivity contribution >= 4 is 29.7 Å². The standard InChI is InChI=1S/C20H23NO9/c1-5-6-7-8-12(2)17(19(26)30-21-14(22)9-10-15(21)23)27-16(24)11-13-18(25)29-20(3,4)28-13/h5-8,13,17H,2,9-11H2,1,3-4H3/b6-5-,8-7-/t13-,17-/m0/s1. The van der Waals surface area contributed by atoms with Crippen LogP contribution in [0.5, 0.6) is 0 Å². The molecule has 2 rings (SSSR count). The number of esters is 2. The molecule has 2 heterocycles. The molecule has 0 aromatic rings. The number of amides is 2. The van der Waals surface area contributed by atoms with E-state index in [0.717, 1.165) is 0 Å². The number of hydrogen-bond donors (Lipinski definition) is 0. The summed E-state index contributed by atoms with van der Waals surface area (Å²) >= 11 is 0. The molecular formula is C20H23NO9. The summed E-state index contributed by atoms with van der Waals surface area (Å²) in [5.74, 6) is -5.43. The van der Waals surface area contributed by atoms with Gasteiger partial charge in [-0.2, -0.15) is 0 Å². The summed E-state index contributed by atoms with van der Waals surface area (Å²) in [6.07, 6.45) is 2.77. The number of hydrogen-bond acceptors (Lipinski definition) is 9. The summed E-state index contributed by atoms with van der Waals surface area (Å²) < 4.78 is 15.4. The lowest BCUT2D eigenvalue weighted by molar-refractivity contribution is -0.204. The lowest BCUT2D eigenvalue weighted by atomic mass is 10.1. The minimum atomic E-state index is -1.65. The number of ether oxygens (including phenoxy) is 3. The van der Waals surface area contributed by atoms with Crippen LogP contribution in [0, 0.1) is 0 Å². The van der Waals surface area contributed by atoms with Gasteiger partial charge in [-0.15, -0.1) is 5.06 Å². The average Bonchev–Trinajstić information content (AvgIpc) is 3.10. The van der Waals surface area contributed by atoms with Gasteiger partial charge in [0.05, 0.1) is 6.42 Å². The molecule has 2 atom stereocenters. The van der Waals surface area contributed by atoms with Gasteiger partial charge in [-0.1, -0.05) is 30.9 Å². The minimum Gasteiger partial charge on any atom is -0.445 e. The van der Waals surface area contributed by atoms with Crippen LogP contribution in [0.1, 0.15) is 40.0 Å². The molecule has 0 saturated carbocycles. The van der Waals surface area contributed by atoms with Crippen LogP contribution < -0.4 is 0 Å². The summed E-state index contributed by atoms with van der Waals surface area (Å²) in [7, 11) is 0. The summed E-state index contributed by atoms with van der Waals surface area (Å²) in [6.45, 7) is 8.46. The van der Waals surface area contributed by atoms with Gasteiger partial charge in [0.2, 0.25) is 11.9 Å². The van der Waals surface area contributed by atoms with E-state index in [-0.39, 0.29) is 18.4 Å². The third-order valence-corrected chi connectivity index (χ3v) is 3.99. The zero-order valence-electron chi connectivity index (χ0n) is 16.9. The normalized spacial score (nSPS) is 21.9. The van der Waals surface area contributed by atoms with Gasteiger partial charge < -0.3 is 19.0 Å². The van der Waals surface area contributed by atoms with Crippen LogP contribution in [-0.4, -0.2) is 52.8 Å². The van der Waals surface area contributed by atoms with E-state index in [0.29, 0.717) is 5.06 Å². The van der Waals surface area contributed by atoms with Gasteiger partial charge in [-0.05, 0) is 12.5 Å². The maximum atomic E-state index is 12.5. The Morgan fingerprint density at radius 1 is 1.23 bits per heavy atom. The smallest absolute Gasteiger partial charge is 0.378 e. The lowest BCUT2D eigenvalue weighted by Gasteiger charge is -2.20. The third kappa shape index (κ3) is 5.86. The van der Waals surface area contributed by atoms with Crippen LogP contribution in [0.15, 0.2) is 36.5 Å². The molecule has 2 saturated heterocycles. The molecule has 0 spiro atoms. The molecule has 2 aliphatic heterocycles. The van der Waals surface area contributed by atoms with Crippen LogP contribution in [0.2, 0.25) is 0 Å². The van der Waals surface area contributed by atoms with E-state index in [1.165, 1.54) is 19.9 Å². The second-order valence-corrected chi connectivity index (χ2v) is 6.95. The summed E-state index contributed by atoms with van der Waals surface area (Å²) in [5.41, 5.74) is 0.0285. The van der Waals surface area contributed by atoms with Crippen LogP contribution in [0.4, 0.5) is 0 Å². The van der Waals surface area contributed by atoms with Gasteiger partial charge >= 0.3 is 17.9 Å². The Kier molecular flexibility index (Phi) is 7.28. The van der Waals surface area contributed by atoms with Crippen molar-refractivity contribution in [3.05, 3.63) is 36.5 Å². The molecule has 0 unspecified atom stereocenters. The highest BCUT2D eigenvalue weighted by molar-refractivity contribution is 6.02. The van der Waals surface area contributed by atoms with Crippen molar-refractivity contribution in [2.24, 2.45) is 0 Å². The number of hydroxylamine groups is 2. The SMILES string of the molecule is C=C(/C=C\C=C/C)[C@H](OC(=O)C[C@@H]1OC(C)(C)OC1=O)C(=O)ON1C(=O)CCC1=O. The second kappa shape index (κ2) is 9.49. The Hall–Kier alpha value is -3.27. The number of nitrogens with zero attached hydrogens (tertiary/aromatic N) is 1. The molecule has 162 valence electrons. The van der Waals surface area contributed by atoms with Crippen LogP contribution in [0.3, 0.4) is 0 Å². The fourth-order valence-corrected chi connectivity index (χ4v) is 2.63. The molecule has 0 aliphatic carbocycles. The van der Waals surface area contributed by atoms with Crippen molar-refractivity contribution in [1.29, 1.82) is 0 Å². The molecule has 0 aromatic carbocycles. The van der Waals surface area contributed by atoms with Crippen molar-refractivity contribution in [3.63, 3.8) is 0 Å². The minimum absolute atomic E-state index is 0.0285. The number of cyclic esters (lactones) is 1. The first-order valence-electron chi connectivity index (χ1n) is 9.20. The average molecular weight is 421 g/mol. The Morgan fingerprint density at radius 3 is 2.40 bits per heavy atom. The van der Waals surface area contributed by atoms with E-state index >= 15 is 0 Å². The molecule has 0 aromatic heterocycles. The topological polar surface area (TPSA) is 126 Å². The molecule has 0 N–H and O–H groups in total. The van der Waals surface area contributed by atoms with Gasteiger partial charge in [0, 0.05) is 26.7 Å². The van der Waals surface area contributed by atoms with E-state index < -0.39 is 54.1 Å². The third-order valence-electron chi connectivity index (χ3n) is 3.99. The van der Waals surface area contributed by atoms with Gasteiger partial charge in [-0.3, -0.25) is 14.4 Å². The summed E-state index contributed by atoms with van der Waals surface area (Å²) in [6, 6.07) is 0. The predicted molar refractivity (Wildman–Crippen MR) is 99.8 cm³/mol. The Balaban J connectivity index is 2.10. The number of carbonyl (C=O) groups excluding carboxylic acids is 5. The molecule has 2 amide bonds. The molecule has 10 heteroatoms. The first kappa shape index (κ1) is 23.0. The Morgan fingerprint density at radius 2 is 1.87 bits per heavy atom. The van der Waals surface area contributed by atoms with Crippen LogP contribution in [-0.2, 0) is 43.0 Å². The highest BCUT2D eigenvalue weighted by Gasteiger charge is 2.43. The van der Waals surface area contributed by atoms with Crippen LogP contribution >= 0.6 is 0 Å². The van der Waals surface area contributed by atoms with Crippen molar-refractivity contribution < 1.29 is 43.0 Å². The van der Waals surface area contributed by atoms with E-state index in [4.69, 9.17) is 19.0 Å². The maximum Gasteiger partial charge on any atom is 0.378 e. The highest BCUT2D eigenvalue weighted by atomic mass is 16.8. The van der Waals surface area contributed by atoms with E-state index in [1.807, 2.05) is 0 Å². The van der Waals surface area contributed by atoms with E-state index in [1.54, 1.807) is 25.2 Å². The van der Waals surface area contributed by atoms with Crippen molar-refractivity contribution in [1.82, 2.24) is 5.06 Å². The maximum absolute atomic E-state index is 12.5. The highest BCUT2D eigenvalue weighted by Crippen LogP contribution is 2.26. The summed E-state index contributed by atoms with van der Waals surface area (Å²) in [4.78, 5) is 64.8. The monoisotopic (exact) mass is 421 g/mol. The molecule has 2 fully saturated rings. The van der Waals surface area contributed by atoms with Gasteiger partial charge in [0.15, 0.2) is 6.10 Å². The van der Waals surface area contributed by atoms with Crippen molar-refractivity contribution in [2.75, 3.05) is 0 Å². The number of rotatable bonds is 8. The Bertz CT molecular complexity index is 808. The first-order chi connectivity index (χ1) is 14.0. The zero-order valence-corrected chi connectivity index (χ0v) is 16.9. The summed E-state index contributed by atoms with van der Waals surface area (Å²) in [5, 5.41) is 0.339. The predicted octanol–water partition coefficient (Wildman–Crippen LogP) is 1.26. The second-order valence-electron chi connectivity index (χ2n) is 6.95. The first-order valence-corrected chi connectivity index (χ1v) is 9.20. The molecular weight excluding hydrogens is 398 g/mol. The van der Waals surface area contributed by atoms with Gasteiger partial charge in [0.25, 0.3) is 11.8 Å². The fraction of sp³-hybridized carbons (Fsp3) is 0.450. The molecule has 10 nitrogen and oxygen atoms in total.